The summed E-state index contributed by atoms with van der Waals surface area (Å²) in [6.07, 6.45) is 3.71. The molecule has 3 heterocycles. The summed E-state index contributed by atoms with van der Waals surface area (Å²) in [7, 11) is 0. The average Bonchev–Trinajstić information content (AvgIpc) is 3.21. The summed E-state index contributed by atoms with van der Waals surface area (Å²) >= 11 is 0. The van der Waals surface area contributed by atoms with E-state index in [1.54, 1.807) is 16.8 Å². The number of hydrogen-bond acceptors (Lipinski definition) is 4. The van der Waals surface area contributed by atoms with E-state index in [1.165, 1.54) is 12.1 Å². The number of nitrogens with two attached hydrogens (primary N) is 1. The van der Waals surface area contributed by atoms with E-state index in [2.05, 4.69) is 15.1 Å². The Bertz CT molecular complexity index is 1130. The lowest BCUT2D eigenvalue weighted by Gasteiger charge is -2.04. The fraction of sp³-hybridized carbons (Fsp3) is 0.158. The van der Waals surface area contributed by atoms with Crippen LogP contribution in [0.4, 0.5) is 4.39 Å². The lowest BCUT2D eigenvalue weighted by Crippen LogP contribution is -2.15. The highest BCUT2D eigenvalue weighted by molar-refractivity contribution is 5.75. The summed E-state index contributed by atoms with van der Waals surface area (Å²) in [6, 6.07) is 10.1. The van der Waals surface area contributed by atoms with Gasteiger partial charge in [0.1, 0.15) is 17.2 Å². The first-order valence-electron chi connectivity index (χ1n) is 8.41. The van der Waals surface area contributed by atoms with Crippen LogP contribution < -0.4 is 5.73 Å². The maximum atomic E-state index is 13.2. The van der Waals surface area contributed by atoms with Crippen molar-refractivity contribution in [3.63, 3.8) is 0 Å². The van der Waals surface area contributed by atoms with Gasteiger partial charge in [0, 0.05) is 12.4 Å². The Morgan fingerprint density at radius 2 is 1.96 bits per heavy atom. The van der Waals surface area contributed by atoms with Gasteiger partial charge in [-0.2, -0.15) is 5.10 Å². The second-order valence-electron chi connectivity index (χ2n) is 6.33. The summed E-state index contributed by atoms with van der Waals surface area (Å²) in [5, 5.41) is 4.40. The third-order valence-electron chi connectivity index (χ3n) is 4.20. The molecule has 136 valence electrons. The molecule has 0 bridgehead atoms. The molecule has 1 aromatic carbocycles. The Balaban J connectivity index is 1.79. The van der Waals surface area contributed by atoms with Gasteiger partial charge in [0.05, 0.1) is 13.0 Å². The van der Waals surface area contributed by atoms with E-state index in [0.29, 0.717) is 23.9 Å². The Labute approximate surface area is 154 Å². The fourth-order valence-corrected chi connectivity index (χ4v) is 2.94. The number of amides is 1. The number of fused-ring (bicyclic) bond motifs is 1. The second-order valence-corrected chi connectivity index (χ2v) is 6.33. The molecule has 0 radical (unpaired) electrons. The molecule has 0 saturated heterocycles. The van der Waals surface area contributed by atoms with Crippen molar-refractivity contribution in [2.24, 2.45) is 5.73 Å². The Hall–Kier alpha value is -3.55. The Morgan fingerprint density at radius 1 is 1.19 bits per heavy atom. The van der Waals surface area contributed by atoms with Crippen molar-refractivity contribution in [1.29, 1.82) is 0 Å². The smallest absolute Gasteiger partial charge is 0.225 e. The van der Waals surface area contributed by atoms with Gasteiger partial charge in [-0.15, -0.1) is 0 Å². The molecular weight excluding hydrogens is 347 g/mol. The van der Waals surface area contributed by atoms with Gasteiger partial charge in [0.2, 0.25) is 5.91 Å². The molecule has 0 aliphatic carbocycles. The number of halogens is 1. The number of benzene rings is 1. The normalized spacial score (nSPS) is 11.2. The van der Waals surface area contributed by atoms with Gasteiger partial charge in [-0.3, -0.25) is 4.79 Å². The van der Waals surface area contributed by atoms with E-state index in [4.69, 9.17) is 5.73 Å². The molecule has 8 heteroatoms. The van der Waals surface area contributed by atoms with Crippen LogP contribution in [0.5, 0.6) is 0 Å². The molecule has 2 N–H and O–H groups in total. The van der Waals surface area contributed by atoms with Crippen molar-refractivity contribution in [1.82, 2.24) is 24.1 Å². The highest BCUT2D eigenvalue weighted by Gasteiger charge is 2.17. The van der Waals surface area contributed by atoms with Gasteiger partial charge >= 0.3 is 0 Å². The summed E-state index contributed by atoms with van der Waals surface area (Å²) in [5.41, 5.74) is 8.62. The van der Waals surface area contributed by atoms with Crippen LogP contribution in [0.15, 0.2) is 48.8 Å². The number of aromatic nitrogens is 5. The third kappa shape index (κ3) is 3.41. The summed E-state index contributed by atoms with van der Waals surface area (Å²) in [5.74, 6) is 0.0428. The molecule has 0 unspecified atom stereocenters. The minimum Gasteiger partial charge on any atom is -0.369 e. The highest BCUT2D eigenvalue weighted by atomic mass is 19.1. The van der Waals surface area contributed by atoms with Crippen molar-refractivity contribution in [3.8, 4) is 11.5 Å². The monoisotopic (exact) mass is 364 g/mol. The van der Waals surface area contributed by atoms with Gasteiger partial charge in [-0.05, 0) is 36.2 Å². The molecule has 0 aliphatic heterocycles. The topological polar surface area (TPSA) is 91.1 Å². The minimum absolute atomic E-state index is 0.0597. The molecule has 0 aliphatic rings. The molecule has 27 heavy (non-hydrogen) atoms. The van der Waals surface area contributed by atoms with E-state index < -0.39 is 5.91 Å². The van der Waals surface area contributed by atoms with E-state index in [9.17, 15) is 9.18 Å². The molecule has 7 nitrogen and oxygen atoms in total. The van der Waals surface area contributed by atoms with Gasteiger partial charge in [-0.25, -0.2) is 19.0 Å². The van der Waals surface area contributed by atoms with Crippen molar-refractivity contribution in [3.05, 3.63) is 71.6 Å². The molecule has 0 spiro atoms. The van der Waals surface area contributed by atoms with Crippen LogP contribution in [0.2, 0.25) is 0 Å². The van der Waals surface area contributed by atoms with Crippen molar-refractivity contribution >= 4 is 11.6 Å². The van der Waals surface area contributed by atoms with Crippen LogP contribution in [0, 0.1) is 12.7 Å². The third-order valence-corrected chi connectivity index (χ3v) is 4.20. The summed E-state index contributed by atoms with van der Waals surface area (Å²) in [4.78, 5) is 20.4. The minimum atomic E-state index is -0.508. The largest absolute Gasteiger partial charge is 0.369 e. The number of primary amides is 1. The van der Waals surface area contributed by atoms with Crippen LogP contribution in [-0.2, 0) is 17.8 Å². The van der Waals surface area contributed by atoms with E-state index in [0.717, 1.165) is 16.8 Å². The van der Waals surface area contributed by atoms with Crippen LogP contribution in [-0.4, -0.2) is 30.1 Å². The van der Waals surface area contributed by atoms with Gasteiger partial charge in [0.15, 0.2) is 11.6 Å². The number of rotatable bonds is 5. The first-order chi connectivity index (χ1) is 13.0. The summed E-state index contributed by atoms with van der Waals surface area (Å²) in [6.45, 7) is 2.35. The first-order valence-corrected chi connectivity index (χ1v) is 8.41. The van der Waals surface area contributed by atoms with Gasteiger partial charge in [0.25, 0.3) is 0 Å². The number of nitrogens with zero attached hydrogens (tertiary/aromatic N) is 5. The molecule has 1 amide bonds. The average molecular weight is 364 g/mol. The van der Waals surface area contributed by atoms with Crippen molar-refractivity contribution in [2.75, 3.05) is 0 Å². The van der Waals surface area contributed by atoms with Crippen LogP contribution in [0.1, 0.15) is 17.0 Å². The van der Waals surface area contributed by atoms with Crippen LogP contribution in [0.25, 0.3) is 17.2 Å². The van der Waals surface area contributed by atoms with E-state index in [-0.39, 0.29) is 12.2 Å². The standard InChI is InChI=1S/C19H17FN6O/c1-12-3-2-8-25-11-15(22-18(12)25)19-23-17(9-16(21)27)24-26(19)10-13-4-6-14(20)7-5-13/h2-8,11H,9-10H2,1H3,(H2,21,27). The van der Waals surface area contributed by atoms with Crippen LogP contribution in [0.3, 0.4) is 0 Å². The molecule has 0 saturated carbocycles. The maximum absolute atomic E-state index is 13.2. The molecular formula is C19H17FN6O. The zero-order valence-corrected chi connectivity index (χ0v) is 14.6. The highest BCUT2D eigenvalue weighted by Crippen LogP contribution is 2.20. The van der Waals surface area contributed by atoms with Gasteiger partial charge in [-0.1, -0.05) is 18.2 Å². The van der Waals surface area contributed by atoms with Crippen molar-refractivity contribution in [2.45, 2.75) is 19.9 Å². The quantitative estimate of drug-likeness (QED) is 0.587. The molecule has 4 aromatic rings. The Kier molecular flexibility index (Phi) is 4.15. The molecule has 0 fully saturated rings. The zero-order chi connectivity index (χ0) is 19.0. The molecule has 4 rings (SSSR count). The Morgan fingerprint density at radius 3 is 2.67 bits per heavy atom. The second kappa shape index (κ2) is 6.64. The fourth-order valence-electron chi connectivity index (χ4n) is 2.94. The lowest BCUT2D eigenvalue weighted by atomic mass is 10.2. The number of carbonyl (C=O) groups is 1. The molecule has 0 atom stereocenters. The lowest BCUT2D eigenvalue weighted by molar-refractivity contribution is -0.117. The predicted molar refractivity (Wildman–Crippen MR) is 97.3 cm³/mol. The summed E-state index contributed by atoms with van der Waals surface area (Å²) < 4.78 is 16.7. The van der Waals surface area contributed by atoms with Crippen LogP contribution >= 0.6 is 0 Å². The van der Waals surface area contributed by atoms with Gasteiger partial charge < -0.3 is 10.1 Å². The number of carbonyl (C=O) groups excluding carboxylic acids is 1. The number of hydrogen-bond donors (Lipinski definition) is 1. The number of pyridine rings is 1. The number of aryl methyl sites for hydroxylation is 1. The zero-order valence-electron chi connectivity index (χ0n) is 14.6. The van der Waals surface area contributed by atoms with Crippen molar-refractivity contribution < 1.29 is 9.18 Å². The number of imidazole rings is 1. The first kappa shape index (κ1) is 16.9. The maximum Gasteiger partial charge on any atom is 0.225 e. The van der Waals surface area contributed by atoms with E-state index in [1.807, 2.05) is 35.9 Å². The molecule has 3 aromatic heterocycles. The van der Waals surface area contributed by atoms with E-state index >= 15 is 0 Å². The predicted octanol–water partition coefficient (Wildman–Crippen LogP) is 2.12. The SMILES string of the molecule is Cc1cccn2cc(-c3nc(CC(N)=O)nn3Cc3ccc(F)cc3)nc12.